The van der Waals surface area contributed by atoms with Crippen molar-refractivity contribution in [3.63, 3.8) is 0 Å². The third-order valence-electron chi connectivity index (χ3n) is 2.98. The SMILES string of the molecule is COc1ccc(CNC(=O)NC(CO)CC(C)C)cc1F. The molecule has 0 aliphatic heterocycles. The lowest BCUT2D eigenvalue weighted by Crippen LogP contribution is -2.44. The van der Waals surface area contributed by atoms with E-state index in [0.717, 1.165) is 0 Å². The number of halogens is 1. The van der Waals surface area contributed by atoms with Crippen molar-refractivity contribution < 1.29 is 19.0 Å². The Morgan fingerprint density at radius 3 is 2.67 bits per heavy atom. The first-order valence-electron chi connectivity index (χ1n) is 6.93. The van der Waals surface area contributed by atoms with Gasteiger partial charge in [0.2, 0.25) is 0 Å². The van der Waals surface area contributed by atoms with Crippen LogP contribution in [0.5, 0.6) is 5.75 Å². The van der Waals surface area contributed by atoms with Crippen molar-refractivity contribution >= 4 is 6.03 Å². The van der Waals surface area contributed by atoms with Crippen molar-refractivity contribution in [3.05, 3.63) is 29.6 Å². The Bertz CT molecular complexity index is 466. The minimum Gasteiger partial charge on any atom is -0.494 e. The smallest absolute Gasteiger partial charge is 0.315 e. The van der Waals surface area contributed by atoms with E-state index in [1.165, 1.54) is 19.2 Å². The largest absolute Gasteiger partial charge is 0.494 e. The summed E-state index contributed by atoms with van der Waals surface area (Å²) in [6.07, 6.45) is 0.696. The summed E-state index contributed by atoms with van der Waals surface area (Å²) < 4.78 is 18.3. The van der Waals surface area contributed by atoms with Gasteiger partial charge in [0.05, 0.1) is 19.8 Å². The number of urea groups is 1. The van der Waals surface area contributed by atoms with E-state index in [2.05, 4.69) is 10.6 Å². The van der Waals surface area contributed by atoms with Crippen LogP contribution in [-0.4, -0.2) is 30.9 Å². The quantitative estimate of drug-likeness (QED) is 0.721. The highest BCUT2D eigenvalue weighted by Crippen LogP contribution is 2.17. The Kier molecular flexibility index (Phi) is 6.94. The Labute approximate surface area is 124 Å². The molecule has 1 rings (SSSR count). The zero-order chi connectivity index (χ0) is 15.8. The summed E-state index contributed by atoms with van der Waals surface area (Å²) in [5.41, 5.74) is 0.632. The molecule has 3 N–H and O–H groups in total. The number of carbonyl (C=O) groups excluding carboxylic acids is 1. The monoisotopic (exact) mass is 298 g/mol. The summed E-state index contributed by atoms with van der Waals surface area (Å²) >= 11 is 0. The molecule has 0 aliphatic rings. The topological polar surface area (TPSA) is 70.6 Å². The molecule has 0 bridgehead atoms. The molecule has 21 heavy (non-hydrogen) atoms. The van der Waals surface area contributed by atoms with Crippen LogP contribution in [0.4, 0.5) is 9.18 Å². The van der Waals surface area contributed by atoms with Gasteiger partial charge in [0.25, 0.3) is 0 Å². The summed E-state index contributed by atoms with van der Waals surface area (Å²) in [4.78, 5) is 11.7. The number of aliphatic hydroxyl groups is 1. The molecule has 6 heteroatoms. The van der Waals surface area contributed by atoms with Crippen molar-refractivity contribution in [3.8, 4) is 5.75 Å². The van der Waals surface area contributed by atoms with Crippen molar-refractivity contribution in [2.24, 2.45) is 5.92 Å². The second-order valence-electron chi connectivity index (χ2n) is 5.30. The van der Waals surface area contributed by atoms with Crippen LogP contribution in [0.1, 0.15) is 25.8 Å². The fourth-order valence-electron chi connectivity index (χ4n) is 1.99. The Hall–Kier alpha value is -1.82. The highest BCUT2D eigenvalue weighted by molar-refractivity contribution is 5.74. The van der Waals surface area contributed by atoms with E-state index >= 15 is 0 Å². The van der Waals surface area contributed by atoms with Gasteiger partial charge in [-0.05, 0) is 30.0 Å². The van der Waals surface area contributed by atoms with Gasteiger partial charge in [0, 0.05) is 6.54 Å². The van der Waals surface area contributed by atoms with Crippen LogP contribution in [0.15, 0.2) is 18.2 Å². The van der Waals surface area contributed by atoms with Gasteiger partial charge in [-0.15, -0.1) is 0 Å². The Morgan fingerprint density at radius 2 is 2.14 bits per heavy atom. The number of hydrogen-bond donors (Lipinski definition) is 3. The highest BCUT2D eigenvalue weighted by Gasteiger charge is 2.13. The van der Waals surface area contributed by atoms with Crippen LogP contribution >= 0.6 is 0 Å². The molecule has 2 amide bonds. The summed E-state index contributed by atoms with van der Waals surface area (Å²) in [6.45, 7) is 4.13. The average Bonchev–Trinajstić information content (AvgIpc) is 2.44. The fraction of sp³-hybridized carbons (Fsp3) is 0.533. The number of nitrogens with one attached hydrogen (secondary N) is 2. The minimum atomic E-state index is -0.467. The van der Waals surface area contributed by atoms with E-state index in [0.29, 0.717) is 17.9 Å². The predicted molar refractivity (Wildman–Crippen MR) is 78.7 cm³/mol. The van der Waals surface area contributed by atoms with Crippen molar-refractivity contribution in [2.45, 2.75) is 32.9 Å². The van der Waals surface area contributed by atoms with Gasteiger partial charge in [-0.25, -0.2) is 9.18 Å². The first-order valence-corrected chi connectivity index (χ1v) is 6.93. The molecule has 0 saturated carbocycles. The number of benzene rings is 1. The maximum absolute atomic E-state index is 13.5. The van der Waals surface area contributed by atoms with Gasteiger partial charge < -0.3 is 20.5 Å². The van der Waals surface area contributed by atoms with Gasteiger partial charge in [0.15, 0.2) is 11.6 Å². The summed E-state index contributed by atoms with van der Waals surface area (Å²) in [6, 6.07) is 3.85. The van der Waals surface area contributed by atoms with E-state index in [-0.39, 0.29) is 31.0 Å². The molecule has 118 valence electrons. The molecule has 1 aromatic carbocycles. The lowest BCUT2D eigenvalue weighted by atomic mass is 10.0. The molecule has 1 aromatic rings. The fourth-order valence-corrected chi connectivity index (χ4v) is 1.99. The van der Waals surface area contributed by atoms with Gasteiger partial charge in [-0.1, -0.05) is 19.9 Å². The van der Waals surface area contributed by atoms with Crippen LogP contribution in [-0.2, 0) is 6.54 Å². The number of hydrogen-bond acceptors (Lipinski definition) is 3. The van der Waals surface area contributed by atoms with Gasteiger partial charge >= 0.3 is 6.03 Å². The maximum Gasteiger partial charge on any atom is 0.315 e. The first-order chi connectivity index (χ1) is 9.96. The van der Waals surface area contributed by atoms with Crippen molar-refractivity contribution in [1.82, 2.24) is 10.6 Å². The van der Waals surface area contributed by atoms with Gasteiger partial charge in [-0.3, -0.25) is 0 Å². The molecular weight excluding hydrogens is 275 g/mol. The number of methoxy groups -OCH3 is 1. The molecule has 0 spiro atoms. The molecule has 0 saturated heterocycles. The third-order valence-corrected chi connectivity index (χ3v) is 2.98. The second-order valence-corrected chi connectivity index (χ2v) is 5.30. The van der Waals surface area contributed by atoms with Crippen LogP contribution in [0.2, 0.25) is 0 Å². The molecule has 5 nitrogen and oxygen atoms in total. The molecule has 0 radical (unpaired) electrons. The maximum atomic E-state index is 13.5. The zero-order valence-corrected chi connectivity index (χ0v) is 12.6. The summed E-state index contributed by atoms with van der Waals surface area (Å²) in [7, 11) is 1.40. The highest BCUT2D eigenvalue weighted by atomic mass is 19.1. The van der Waals surface area contributed by atoms with Gasteiger partial charge in [0.1, 0.15) is 0 Å². The predicted octanol–water partition coefficient (Wildman–Crippen LogP) is 2.04. The number of ether oxygens (including phenoxy) is 1. The van der Waals surface area contributed by atoms with Crippen LogP contribution < -0.4 is 15.4 Å². The Balaban J connectivity index is 2.47. The van der Waals surface area contributed by atoms with Crippen molar-refractivity contribution in [1.29, 1.82) is 0 Å². The lowest BCUT2D eigenvalue weighted by Gasteiger charge is -2.18. The van der Waals surface area contributed by atoms with E-state index < -0.39 is 5.82 Å². The lowest BCUT2D eigenvalue weighted by molar-refractivity contribution is 0.206. The molecule has 1 atom stereocenters. The summed E-state index contributed by atoms with van der Waals surface area (Å²) in [5.74, 6) is 0.0730. The standard InChI is InChI=1S/C15H23FN2O3/c1-10(2)6-12(9-19)18-15(20)17-8-11-4-5-14(21-3)13(16)7-11/h4-5,7,10,12,19H,6,8-9H2,1-3H3,(H2,17,18,20). The van der Waals surface area contributed by atoms with E-state index in [4.69, 9.17) is 4.74 Å². The molecule has 0 heterocycles. The average molecular weight is 298 g/mol. The number of carbonyl (C=O) groups is 1. The van der Waals surface area contributed by atoms with E-state index in [1.807, 2.05) is 13.8 Å². The van der Waals surface area contributed by atoms with E-state index in [1.54, 1.807) is 6.07 Å². The van der Waals surface area contributed by atoms with Gasteiger partial charge in [-0.2, -0.15) is 0 Å². The summed E-state index contributed by atoms with van der Waals surface area (Å²) in [5, 5.41) is 14.5. The normalized spacial score (nSPS) is 12.1. The first kappa shape index (κ1) is 17.2. The van der Waals surface area contributed by atoms with Crippen LogP contribution in [0.3, 0.4) is 0 Å². The van der Waals surface area contributed by atoms with Crippen molar-refractivity contribution in [2.75, 3.05) is 13.7 Å². The number of amides is 2. The van der Waals surface area contributed by atoms with Crippen LogP contribution in [0.25, 0.3) is 0 Å². The molecular formula is C15H23FN2O3. The molecule has 0 aliphatic carbocycles. The second kappa shape index (κ2) is 8.46. The minimum absolute atomic E-state index is 0.108. The Morgan fingerprint density at radius 1 is 1.43 bits per heavy atom. The third kappa shape index (κ3) is 5.99. The molecule has 1 unspecified atom stereocenters. The van der Waals surface area contributed by atoms with E-state index in [9.17, 15) is 14.3 Å². The molecule has 0 fully saturated rings. The van der Waals surface area contributed by atoms with Crippen LogP contribution in [0, 0.1) is 11.7 Å². The number of aliphatic hydroxyl groups excluding tert-OH is 1. The zero-order valence-electron chi connectivity index (χ0n) is 12.6. The molecule has 0 aromatic heterocycles. The number of rotatable bonds is 7.